The van der Waals surface area contributed by atoms with Crippen LogP contribution in [0.3, 0.4) is 0 Å². The molecule has 0 unspecified atom stereocenters. The Kier molecular flexibility index (Phi) is 10.7. The number of carbonyl (C=O) groups is 1. The van der Waals surface area contributed by atoms with Crippen molar-refractivity contribution in [3.63, 3.8) is 0 Å². The van der Waals surface area contributed by atoms with Crippen LogP contribution < -0.4 is 0 Å². The van der Waals surface area contributed by atoms with Crippen LogP contribution in [0.5, 0.6) is 0 Å². The summed E-state index contributed by atoms with van der Waals surface area (Å²) in [5.41, 5.74) is 0. The third kappa shape index (κ3) is 8.13. The first kappa shape index (κ1) is 16.5. The Morgan fingerprint density at radius 2 is 2.27 bits per heavy atom. The van der Waals surface area contributed by atoms with Crippen LogP contribution in [0.2, 0.25) is 0 Å². The van der Waals surface area contributed by atoms with Crippen molar-refractivity contribution in [1.82, 2.24) is 4.73 Å². The maximum atomic E-state index is 9.88. The van der Waals surface area contributed by atoms with Gasteiger partial charge in [0.05, 0.1) is 0 Å². The molecular weight excluding hydrogens is 282 g/mol. The average Bonchev–Trinajstić information content (AvgIpc) is 2.22. The first-order valence-corrected chi connectivity index (χ1v) is 4.91. The molecule has 1 aromatic rings. The predicted octanol–water partition coefficient (Wildman–Crippen LogP) is 0.448. The van der Waals surface area contributed by atoms with Crippen molar-refractivity contribution in [2.75, 3.05) is 0 Å². The molecule has 4 nitrogen and oxygen atoms in total. The summed E-state index contributed by atoms with van der Waals surface area (Å²) in [6.07, 6.45) is 2.63. The van der Waals surface area contributed by atoms with E-state index in [2.05, 4.69) is 23.2 Å². The second kappa shape index (κ2) is 9.66. The van der Waals surface area contributed by atoms with E-state index in [1.165, 1.54) is 6.20 Å². The van der Waals surface area contributed by atoms with E-state index >= 15 is 0 Å². The largest absolute Gasteiger partial charge is 0.526 e. The molecule has 87 valence electrons. The number of pyridine rings is 1. The van der Waals surface area contributed by atoms with Crippen molar-refractivity contribution < 1.29 is 31.5 Å². The minimum atomic E-state index is -0.332. The molecule has 7 heteroatoms. The summed E-state index contributed by atoms with van der Waals surface area (Å²) in [6.45, 7) is 3.18. The van der Waals surface area contributed by atoms with Crippen LogP contribution in [0.4, 0.5) is 0 Å². The third-order valence-electron chi connectivity index (χ3n) is 1.17. The number of hydrogen-bond donors (Lipinski definition) is 1. The van der Waals surface area contributed by atoms with E-state index in [4.69, 9.17) is 5.21 Å². The molecule has 1 radical (unpaired) electrons. The van der Waals surface area contributed by atoms with Gasteiger partial charge >= 0.3 is 5.97 Å². The summed E-state index contributed by atoms with van der Waals surface area (Å²) in [5, 5.41) is 8.73. The summed E-state index contributed by atoms with van der Waals surface area (Å²) >= 11 is 4.67. The third-order valence-corrected chi connectivity index (χ3v) is 1.90. The van der Waals surface area contributed by atoms with Crippen LogP contribution in [0.1, 0.15) is 0 Å². The Hall–Kier alpha value is -0.884. The molecule has 1 heterocycles. The van der Waals surface area contributed by atoms with Crippen molar-refractivity contribution in [2.24, 2.45) is 0 Å². The number of nitrogens with zero attached hydrogens (tertiary/aromatic N) is 1. The van der Waals surface area contributed by atoms with Crippen LogP contribution in [0, 0.1) is 4.64 Å². The van der Waals surface area contributed by atoms with E-state index in [0.29, 0.717) is 15.1 Å². The van der Waals surface area contributed by atoms with Crippen molar-refractivity contribution in [3.8, 4) is 0 Å². The van der Waals surface area contributed by atoms with Gasteiger partial charge in [-0.1, -0.05) is 24.9 Å². The summed E-state index contributed by atoms with van der Waals surface area (Å²) < 4.78 is 5.60. The molecule has 0 aromatic carbocycles. The van der Waals surface area contributed by atoms with Crippen LogP contribution in [0.25, 0.3) is 0 Å². The van der Waals surface area contributed by atoms with Crippen LogP contribution >= 0.6 is 12.2 Å². The van der Waals surface area contributed by atoms with Gasteiger partial charge in [-0.25, -0.2) is 4.79 Å². The molecule has 1 aromatic heterocycles. The average molecular weight is 293 g/mol. The van der Waals surface area contributed by atoms with Gasteiger partial charge in [-0.05, 0) is 12.1 Å². The second-order valence-corrected chi connectivity index (χ2v) is 2.94. The van der Waals surface area contributed by atoms with Crippen molar-refractivity contribution >= 4 is 28.7 Å². The monoisotopic (exact) mass is 292 g/mol. The molecule has 0 saturated carbocycles. The maximum Gasteiger partial charge on any atom is 0.316 e. The number of rotatable bonds is 1. The van der Waals surface area contributed by atoms with Crippen molar-refractivity contribution in [2.45, 2.75) is 0 Å². The molecule has 0 saturated heterocycles. The van der Waals surface area contributed by atoms with Crippen LogP contribution in [-0.2, 0) is 26.3 Å². The first-order chi connectivity index (χ1) is 6.61. The van der Waals surface area contributed by atoms with Crippen molar-refractivity contribution in [1.29, 1.82) is 0 Å². The smallest absolute Gasteiger partial charge is 0.316 e. The fourth-order valence-corrected chi connectivity index (χ4v) is 0.808. The molecule has 15 heavy (non-hydrogen) atoms. The standard InChI is InChI=1S/C5H5NOS.C3H6O2Si.Cu/c7-6-4-2-1-3-5(6)8;1-2-3(4)5-6;/h1-4,7H;2H,1H2,6H3;. The minimum absolute atomic E-state index is 0. The summed E-state index contributed by atoms with van der Waals surface area (Å²) in [7, 11) is 0.462. The molecule has 0 bridgehead atoms. The Morgan fingerprint density at radius 3 is 2.47 bits per heavy atom. The van der Waals surface area contributed by atoms with E-state index in [-0.39, 0.29) is 23.0 Å². The number of aromatic nitrogens is 1. The molecule has 0 atom stereocenters. The van der Waals surface area contributed by atoms with E-state index < -0.39 is 0 Å². The molecular formula is C8H11CuNO3SSi. The Morgan fingerprint density at radius 1 is 1.67 bits per heavy atom. The second-order valence-electron chi connectivity index (χ2n) is 2.11. The molecule has 1 N–H and O–H groups in total. The van der Waals surface area contributed by atoms with E-state index in [1.54, 1.807) is 18.2 Å². The molecule has 0 aliphatic rings. The van der Waals surface area contributed by atoms with E-state index in [9.17, 15) is 4.79 Å². The Bertz CT molecular complexity index is 369. The molecule has 0 spiro atoms. The topological polar surface area (TPSA) is 51.5 Å². The van der Waals surface area contributed by atoms with Gasteiger partial charge in [-0.2, -0.15) is 4.73 Å². The fourth-order valence-electron chi connectivity index (χ4n) is 0.502. The Labute approximate surface area is 107 Å². The van der Waals surface area contributed by atoms with Gasteiger partial charge in [0.25, 0.3) is 0 Å². The van der Waals surface area contributed by atoms with Gasteiger partial charge in [-0.3, -0.25) is 0 Å². The van der Waals surface area contributed by atoms with Crippen LogP contribution in [-0.4, -0.2) is 26.4 Å². The van der Waals surface area contributed by atoms with Gasteiger partial charge in [0, 0.05) is 29.3 Å². The minimum Gasteiger partial charge on any atom is -0.526 e. The van der Waals surface area contributed by atoms with Crippen molar-refractivity contribution in [3.05, 3.63) is 41.7 Å². The Balaban J connectivity index is 0. The van der Waals surface area contributed by atoms with E-state index in [0.717, 1.165) is 10.8 Å². The summed E-state index contributed by atoms with van der Waals surface area (Å²) in [6, 6.07) is 5.13. The van der Waals surface area contributed by atoms with Gasteiger partial charge in [0.15, 0.2) is 0 Å². The summed E-state index contributed by atoms with van der Waals surface area (Å²) in [4.78, 5) is 9.88. The molecule has 0 aliphatic heterocycles. The van der Waals surface area contributed by atoms with Gasteiger partial charge < -0.3 is 9.63 Å². The zero-order chi connectivity index (χ0) is 11.0. The quantitative estimate of drug-likeness (QED) is 0.353. The maximum absolute atomic E-state index is 9.88. The molecule has 0 aliphatic carbocycles. The molecule has 0 fully saturated rings. The van der Waals surface area contributed by atoms with Crippen LogP contribution in [0.15, 0.2) is 37.1 Å². The van der Waals surface area contributed by atoms with E-state index in [1.807, 2.05) is 0 Å². The molecule has 0 amide bonds. The van der Waals surface area contributed by atoms with Gasteiger partial charge in [0.1, 0.15) is 4.64 Å². The number of hydrogen-bond acceptors (Lipinski definition) is 4. The number of carbonyl (C=O) groups excluding carboxylic acids is 1. The van der Waals surface area contributed by atoms with Gasteiger partial charge in [-0.15, -0.1) is 0 Å². The zero-order valence-corrected chi connectivity index (χ0v) is 11.8. The fraction of sp³-hybridized carbons (Fsp3) is 0. The SMILES string of the molecule is C=CC(=O)O[SiH3].On1ccccc1=S.[Cu]. The predicted molar refractivity (Wildman–Crippen MR) is 58.7 cm³/mol. The van der Waals surface area contributed by atoms with Gasteiger partial charge in [0.2, 0.25) is 10.5 Å². The normalized spacial score (nSPS) is 7.73. The zero-order valence-electron chi connectivity index (χ0n) is 8.01. The summed E-state index contributed by atoms with van der Waals surface area (Å²) in [5.74, 6) is -0.332. The molecule has 1 rings (SSSR count). The first-order valence-electron chi connectivity index (χ1n) is 3.69.